The van der Waals surface area contributed by atoms with Crippen LogP contribution in [0, 0.1) is 5.92 Å². The zero-order chi connectivity index (χ0) is 14.3. The van der Waals surface area contributed by atoms with Gasteiger partial charge in [-0.15, -0.1) is 0 Å². The van der Waals surface area contributed by atoms with E-state index in [4.69, 9.17) is 4.74 Å². The Bertz CT molecular complexity index is 428. The molecule has 0 radical (unpaired) electrons. The Morgan fingerprint density at radius 2 is 1.74 bits per heavy atom. The van der Waals surface area contributed by atoms with Crippen LogP contribution >= 0.6 is 0 Å². The third-order valence-corrected chi connectivity index (χ3v) is 2.73. The van der Waals surface area contributed by atoms with Crippen molar-refractivity contribution in [1.29, 1.82) is 0 Å². The summed E-state index contributed by atoms with van der Waals surface area (Å²) in [4.78, 5) is 22.6. The van der Waals surface area contributed by atoms with Crippen molar-refractivity contribution in [3.8, 4) is 0 Å². The topological polar surface area (TPSA) is 64.6 Å². The molecule has 0 saturated heterocycles. The van der Waals surface area contributed by atoms with Gasteiger partial charge in [-0.3, -0.25) is 10.1 Å². The molecule has 1 atom stereocenters. The summed E-state index contributed by atoms with van der Waals surface area (Å²) >= 11 is 0. The Morgan fingerprint density at radius 3 is 2.26 bits per heavy atom. The molecular formula is C14H19NO4. The van der Waals surface area contributed by atoms with Gasteiger partial charge in [0, 0.05) is 13.0 Å². The van der Waals surface area contributed by atoms with E-state index in [1.54, 1.807) is 14.0 Å². The zero-order valence-corrected chi connectivity index (χ0v) is 11.4. The highest BCUT2D eigenvalue weighted by molar-refractivity contribution is 5.92. The number of rotatable bonds is 5. The summed E-state index contributed by atoms with van der Waals surface area (Å²) in [5.74, 6) is -0.639. The minimum atomic E-state index is -0.729. The second-order valence-corrected chi connectivity index (χ2v) is 4.34. The summed E-state index contributed by atoms with van der Waals surface area (Å²) < 4.78 is 9.41. The Hall–Kier alpha value is -1.88. The van der Waals surface area contributed by atoms with E-state index in [1.165, 1.54) is 7.11 Å². The maximum Gasteiger partial charge on any atom is 0.413 e. The van der Waals surface area contributed by atoms with Crippen LogP contribution in [0.2, 0.25) is 0 Å². The van der Waals surface area contributed by atoms with Crippen LogP contribution in [-0.4, -0.2) is 26.2 Å². The second kappa shape index (κ2) is 7.53. The van der Waals surface area contributed by atoms with Crippen molar-refractivity contribution in [2.45, 2.75) is 20.0 Å². The van der Waals surface area contributed by atoms with Crippen LogP contribution in [0.25, 0.3) is 0 Å². The lowest BCUT2D eigenvalue weighted by atomic mass is 9.99. The van der Waals surface area contributed by atoms with E-state index >= 15 is 0 Å². The van der Waals surface area contributed by atoms with Gasteiger partial charge in [-0.05, 0) is 17.5 Å². The van der Waals surface area contributed by atoms with Gasteiger partial charge >= 0.3 is 6.09 Å². The summed E-state index contributed by atoms with van der Waals surface area (Å²) in [6.45, 7) is 2.33. The molecular weight excluding hydrogens is 246 g/mol. The molecule has 0 aliphatic rings. The first kappa shape index (κ1) is 15.2. The first-order valence-corrected chi connectivity index (χ1v) is 6.02. The summed E-state index contributed by atoms with van der Waals surface area (Å²) in [7, 11) is 2.87. The van der Waals surface area contributed by atoms with Crippen LogP contribution in [0.1, 0.15) is 18.1 Å². The van der Waals surface area contributed by atoms with E-state index in [0.717, 1.165) is 11.1 Å². The molecule has 1 aromatic rings. The fourth-order valence-electron chi connectivity index (χ4n) is 1.66. The van der Waals surface area contributed by atoms with Gasteiger partial charge in [-0.25, -0.2) is 4.79 Å². The number of carbonyl (C=O) groups is 2. The van der Waals surface area contributed by atoms with Gasteiger partial charge in [0.2, 0.25) is 5.91 Å². The summed E-state index contributed by atoms with van der Waals surface area (Å²) in [5, 5.41) is 2.16. The molecule has 0 saturated carbocycles. The van der Waals surface area contributed by atoms with Crippen molar-refractivity contribution in [2.24, 2.45) is 5.92 Å². The maximum atomic E-state index is 11.7. The molecule has 19 heavy (non-hydrogen) atoms. The Morgan fingerprint density at radius 1 is 1.16 bits per heavy atom. The van der Waals surface area contributed by atoms with E-state index in [1.807, 2.05) is 24.3 Å². The van der Waals surface area contributed by atoms with Crippen LogP contribution < -0.4 is 5.32 Å². The van der Waals surface area contributed by atoms with E-state index in [-0.39, 0.29) is 11.8 Å². The van der Waals surface area contributed by atoms with Crippen LogP contribution in [0.15, 0.2) is 24.3 Å². The number of benzene rings is 1. The molecule has 1 N–H and O–H groups in total. The normalized spacial score (nSPS) is 11.7. The van der Waals surface area contributed by atoms with Gasteiger partial charge in [-0.1, -0.05) is 31.2 Å². The smallest absolute Gasteiger partial charge is 0.413 e. The number of imide groups is 1. The van der Waals surface area contributed by atoms with Gasteiger partial charge in [-0.2, -0.15) is 0 Å². The van der Waals surface area contributed by atoms with Crippen molar-refractivity contribution >= 4 is 12.0 Å². The van der Waals surface area contributed by atoms with Gasteiger partial charge < -0.3 is 9.47 Å². The highest BCUT2D eigenvalue weighted by Crippen LogP contribution is 2.11. The van der Waals surface area contributed by atoms with Gasteiger partial charge in [0.25, 0.3) is 0 Å². The van der Waals surface area contributed by atoms with Crippen LogP contribution in [-0.2, 0) is 27.3 Å². The number of ether oxygens (including phenoxy) is 2. The average molecular weight is 265 g/mol. The number of hydrogen-bond acceptors (Lipinski definition) is 4. The minimum Gasteiger partial charge on any atom is -0.453 e. The summed E-state index contributed by atoms with van der Waals surface area (Å²) in [5.41, 5.74) is 2.12. The average Bonchev–Trinajstić information content (AvgIpc) is 2.41. The van der Waals surface area contributed by atoms with E-state index in [2.05, 4.69) is 10.1 Å². The SMILES string of the molecule is COCc1ccc(CC(C)C(=O)NC(=O)OC)cc1. The molecule has 0 aromatic heterocycles. The molecule has 5 nitrogen and oxygen atoms in total. The Balaban J connectivity index is 2.53. The largest absolute Gasteiger partial charge is 0.453 e. The van der Waals surface area contributed by atoms with Gasteiger partial charge in [0.15, 0.2) is 0 Å². The number of carbonyl (C=O) groups excluding carboxylic acids is 2. The number of hydrogen-bond donors (Lipinski definition) is 1. The monoisotopic (exact) mass is 265 g/mol. The fraction of sp³-hybridized carbons (Fsp3) is 0.429. The molecule has 0 heterocycles. The Labute approximate surface area is 112 Å². The molecule has 0 aliphatic carbocycles. The third-order valence-electron chi connectivity index (χ3n) is 2.73. The van der Waals surface area contributed by atoms with Crippen molar-refractivity contribution in [1.82, 2.24) is 5.32 Å². The lowest BCUT2D eigenvalue weighted by Gasteiger charge is -2.11. The third kappa shape index (κ3) is 5.09. The van der Waals surface area contributed by atoms with Gasteiger partial charge in [0.05, 0.1) is 13.7 Å². The van der Waals surface area contributed by atoms with Crippen LogP contribution in [0.4, 0.5) is 4.79 Å². The van der Waals surface area contributed by atoms with Crippen LogP contribution in [0.5, 0.6) is 0 Å². The van der Waals surface area contributed by atoms with Crippen molar-refractivity contribution < 1.29 is 19.1 Å². The standard InChI is InChI=1S/C14H19NO4/c1-10(13(16)15-14(17)19-3)8-11-4-6-12(7-5-11)9-18-2/h4-7,10H,8-9H2,1-3H3,(H,15,16,17). The number of alkyl carbamates (subject to hydrolysis) is 1. The van der Waals surface area contributed by atoms with E-state index in [0.29, 0.717) is 13.0 Å². The number of methoxy groups -OCH3 is 2. The molecule has 2 amide bonds. The lowest BCUT2D eigenvalue weighted by molar-refractivity contribution is -0.123. The summed E-state index contributed by atoms with van der Waals surface area (Å²) in [6, 6.07) is 7.83. The van der Waals surface area contributed by atoms with Crippen molar-refractivity contribution in [2.75, 3.05) is 14.2 Å². The molecule has 1 aromatic carbocycles. The first-order valence-electron chi connectivity index (χ1n) is 6.02. The highest BCUT2D eigenvalue weighted by Gasteiger charge is 2.16. The predicted molar refractivity (Wildman–Crippen MR) is 70.6 cm³/mol. The molecule has 0 aliphatic heterocycles. The molecule has 1 unspecified atom stereocenters. The van der Waals surface area contributed by atoms with E-state index < -0.39 is 6.09 Å². The molecule has 0 bridgehead atoms. The molecule has 1 rings (SSSR count). The summed E-state index contributed by atoms with van der Waals surface area (Å²) in [6.07, 6.45) is -0.164. The van der Waals surface area contributed by atoms with Crippen molar-refractivity contribution in [3.05, 3.63) is 35.4 Å². The zero-order valence-electron chi connectivity index (χ0n) is 11.4. The van der Waals surface area contributed by atoms with Gasteiger partial charge in [0.1, 0.15) is 0 Å². The minimum absolute atomic E-state index is 0.299. The van der Waals surface area contributed by atoms with Crippen LogP contribution in [0.3, 0.4) is 0 Å². The first-order chi connectivity index (χ1) is 9.06. The number of amides is 2. The molecule has 104 valence electrons. The highest BCUT2D eigenvalue weighted by atomic mass is 16.5. The predicted octanol–water partition coefficient (Wildman–Crippen LogP) is 1.89. The quantitative estimate of drug-likeness (QED) is 0.883. The fourth-order valence-corrected chi connectivity index (χ4v) is 1.66. The number of nitrogens with one attached hydrogen (secondary N) is 1. The molecule has 0 spiro atoms. The molecule has 0 fully saturated rings. The van der Waals surface area contributed by atoms with E-state index in [9.17, 15) is 9.59 Å². The maximum absolute atomic E-state index is 11.7. The molecule has 5 heteroatoms. The van der Waals surface area contributed by atoms with Crippen molar-refractivity contribution in [3.63, 3.8) is 0 Å². The Kier molecular flexibility index (Phi) is 6.02. The second-order valence-electron chi connectivity index (χ2n) is 4.34. The lowest BCUT2D eigenvalue weighted by Crippen LogP contribution is -2.35.